The predicted octanol–water partition coefficient (Wildman–Crippen LogP) is 4.01. The zero-order chi connectivity index (χ0) is 19.8. The van der Waals surface area contributed by atoms with Gasteiger partial charge in [0.1, 0.15) is 5.82 Å². The second-order valence-electron chi connectivity index (χ2n) is 5.06. The molecule has 2 rings (SSSR count). The summed E-state index contributed by atoms with van der Waals surface area (Å²) in [5.41, 5.74) is -7.23. The normalized spacial score (nSPS) is 20.3. The molecule has 0 aliphatic heterocycles. The molecule has 1 aliphatic rings. The number of halogens is 6. The van der Waals surface area contributed by atoms with E-state index in [2.05, 4.69) is 8.92 Å². The predicted molar refractivity (Wildman–Crippen MR) is 78.9 cm³/mol. The van der Waals surface area contributed by atoms with Crippen LogP contribution in [0.4, 0.5) is 26.3 Å². The van der Waals surface area contributed by atoms with Crippen LogP contribution in [-0.2, 0) is 19.0 Å². The lowest BCUT2D eigenvalue weighted by molar-refractivity contribution is -0.0944. The molecule has 1 aromatic carbocycles. The summed E-state index contributed by atoms with van der Waals surface area (Å²) in [5.74, 6) is -6.43. The van der Waals surface area contributed by atoms with Gasteiger partial charge >= 0.3 is 21.5 Å². The van der Waals surface area contributed by atoms with E-state index in [-0.39, 0.29) is 6.61 Å². The molecular formula is C15H12F6O4S. The van der Waals surface area contributed by atoms with Crippen molar-refractivity contribution in [3.63, 3.8) is 0 Å². The van der Waals surface area contributed by atoms with Crippen molar-refractivity contribution in [2.24, 2.45) is 0 Å². The number of rotatable bonds is 5. The molecule has 26 heavy (non-hydrogen) atoms. The van der Waals surface area contributed by atoms with Crippen LogP contribution < -0.4 is 0 Å². The molecule has 0 saturated heterocycles. The van der Waals surface area contributed by atoms with Gasteiger partial charge in [-0.25, -0.2) is 8.57 Å². The van der Waals surface area contributed by atoms with Gasteiger partial charge in [-0.05, 0) is 24.6 Å². The van der Waals surface area contributed by atoms with Crippen LogP contribution in [0.5, 0.6) is 0 Å². The zero-order valence-corrected chi connectivity index (χ0v) is 13.9. The second kappa shape index (κ2) is 6.95. The van der Waals surface area contributed by atoms with Gasteiger partial charge in [0, 0.05) is 5.56 Å². The summed E-state index contributed by atoms with van der Waals surface area (Å²) in [7, 11) is -6.39. The molecule has 144 valence electrons. The van der Waals surface area contributed by atoms with E-state index in [0.717, 1.165) is 24.3 Å². The van der Waals surface area contributed by atoms with Gasteiger partial charge < -0.3 is 4.74 Å². The Morgan fingerprint density at radius 1 is 1.15 bits per heavy atom. The molecule has 0 saturated carbocycles. The summed E-state index contributed by atoms with van der Waals surface area (Å²) < 4.78 is 112. The number of hydrogen-bond donors (Lipinski definition) is 0. The van der Waals surface area contributed by atoms with E-state index in [1.807, 2.05) is 0 Å². The van der Waals surface area contributed by atoms with Crippen LogP contribution in [-0.4, -0.2) is 32.6 Å². The first-order chi connectivity index (χ1) is 11.9. The molecule has 0 spiro atoms. The number of benzene rings is 1. The highest BCUT2D eigenvalue weighted by Gasteiger charge is 2.57. The molecule has 0 heterocycles. The van der Waals surface area contributed by atoms with Crippen molar-refractivity contribution < 1.29 is 43.7 Å². The van der Waals surface area contributed by atoms with Crippen molar-refractivity contribution in [3.05, 3.63) is 53.6 Å². The van der Waals surface area contributed by atoms with Crippen LogP contribution >= 0.6 is 0 Å². The van der Waals surface area contributed by atoms with Gasteiger partial charge in [0.2, 0.25) is 0 Å². The third-order valence-corrected chi connectivity index (χ3v) is 4.36. The molecule has 0 fully saturated rings. The van der Waals surface area contributed by atoms with Gasteiger partial charge in [0.15, 0.2) is 11.9 Å². The topological polar surface area (TPSA) is 52.6 Å². The Labute approximate surface area is 144 Å². The second-order valence-corrected chi connectivity index (χ2v) is 6.63. The largest absolute Gasteiger partial charge is 0.523 e. The summed E-state index contributed by atoms with van der Waals surface area (Å²) in [5, 5.41) is 0. The molecule has 0 N–H and O–H groups in total. The molecule has 0 amide bonds. The van der Waals surface area contributed by atoms with E-state index in [4.69, 9.17) is 0 Å². The minimum atomic E-state index is -6.39. The number of allylic oxidation sites excluding steroid dienone is 2. The first kappa shape index (κ1) is 20.3. The molecule has 1 unspecified atom stereocenters. The molecule has 11 heteroatoms. The fourth-order valence-electron chi connectivity index (χ4n) is 2.21. The molecule has 4 nitrogen and oxygen atoms in total. The number of hydrogen-bond acceptors (Lipinski definition) is 4. The fraction of sp³-hybridized carbons (Fsp3) is 0.333. The maximum atomic E-state index is 14.6. The van der Waals surface area contributed by atoms with Crippen LogP contribution in [0.25, 0.3) is 5.57 Å². The monoisotopic (exact) mass is 402 g/mol. The Balaban J connectivity index is 2.61. The molecular weight excluding hydrogens is 390 g/mol. The highest BCUT2D eigenvalue weighted by molar-refractivity contribution is 7.87. The van der Waals surface area contributed by atoms with Crippen LogP contribution in [0.1, 0.15) is 12.5 Å². The third-order valence-electron chi connectivity index (χ3n) is 3.35. The minimum absolute atomic E-state index is 0.261. The molecule has 1 aromatic rings. The molecule has 0 radical (unpaired) electrons. The van der Waals surface area contributed by atoms with Crippen LogP contribution in [0.3, 0.4) is 0 Å². The first-order valence-corrected chi connectivity index (χ1v) is 8.50. The van der Waals surface area contributed by atoms with Gasteiger partial charge in [-0.2, -0.15) is 30.4 Å². The van der Waals surface area contributed by atoms with Gasteiger partial charge in [-0.15, -0.1) is 0 Å². The van der Waals surface area contributed by atoms with Crippen LogP contribution in [0.15, 0.2) is 42.2 Å². The highest BCUT2D eigenvalue weighted by Crippen LogP contribution is 2.44. The maximum Gasteiger partial charge on any atom is 0.523 e. The third kappa shape index (κ3) is 3.73. The van der Waals surface area contributed by atoms with Crippen molar-refractivity contribution in [2.75, 3.05) is 6.61 Å². The summed E-state index contributed by atoms with van der Waals surface area (Å²) in [6.45, 7) is 1.08. The van der Waals surface area contributed by atoms with Crippen LogP contribution in [0.2, 0.25) is 0 Å². The van der Waals surface area contributed by atoms with E-state index in [9.17, 15) is 34.8 Å². The van der Waals surface area contributed by atoms with Gasteiger partial charge in [0.25, 0.3) is 0 Å². The van der Waals surface area contributed by atoms with E-state index in [1.54, 1.807) is 0 Å². The van der Waals surface area contributed by atoms with E-state index < -0.39 is 50.4 Å². The Hall–Kier alpha value is -2.01. The first-order valence-electron chi connectivity index (χ1n) is 7.09. The quantitative estimate of drug-likeness (QED) is 0.424. The lowest BCUT2D eigenvalue weighted by atomic mass is 9.91. The average Bonchev–Trinajstić information content (AvgIpc) is 2.51. The van der Waals surface area contributed by atoms with Gasteiger partial charge in [-0.3, -0.25) is 0 Å². The Bertz CT molecular complexity index is 842. The summed E-state index contributed by atoms with van der Waals surface area (Å²) in [6.07, 6.45) is -1.40. The molecule has 1 aliphatic carbocycles. The van der Waals surface area contributed by atoms with Crippen molar-refractivity contribution in [2.45, 2.75) is 24.5 Å². The Morgan fingerprint density at radius 2 is 1.77 bits per heavy atom. The van der Waals surface area contributed by atoms with E-state index in [0.29, 0.717) is 0 Å². The minimum Gasteiger partial charge on any atom is -0.492 e. The average molecular weight is 402 g/mol. The molecule has 1 atom stereocenters. The SMILES string of the molecule is CCOC1=CC=C(c2ccccc2F)C(OS(=O)(=O)C(F)(F)F)C1(F)F. The van der Waals surface area contributed by atoms with Crippen molar-refractivity contribution in [1.29, 1.82) is 0 Å². The molecule has 0 bridgehead atoms. The van der Waals surface area contributed by atoms with Gasteiger partial charge in [-0.1, -0.05) is 24.3 Å². The molecule has 0 aromatic heterocycles. The summed E-state index contributed by atoms with van der Waals surface area (Å²) in [6, 6.07) is 4.36. The van der Waals surface area contributed by atoms with Gasteiger partial charge in [0.05, 0.1) is 6.61 Å². The van der Waals surface area contributed by atoms with Crippen molar-refractivity contribution >= 4 is 15.7 Å². The lowest BCUT2D eigenvalue weighted by Gasteiger charge is -2.32. The highest BCUT2D eigenvalue weighted by atomic mass is 32.2. The summed E-state index contributed by atoms with van der Waals surface area (Å²) >= 11 is 0. The van der Waals surface area contributed by atoms with Crippen molar-refractivity contribution in [3.8, 4) is 0 Å². The van der Waals surface area contributed by atoms with E-state index >= 15 is 0 Å². The zero-order valence-electron chi connectivity index (χ0n) is 13.1. The maximum absolute atomic E-state index is 14.6. The van der Waals surface area contributed by atoms with Crippen LogP contribution in [0, 0.1) is 5.82 Å². The Morgan fingerprint density at radius 3 is 2.31 bits per heavy atom. The fourth-order valence-corrected chi connectivity index (χ4v) is 2.80. The van der Waals surface area contributed by atoms with E-state index in [1.165, 1.54) is 19.1 Å². The number of alkyl halides is 5. The smallest absolute Gasteiger partial charge is 0.492 e. The summed E-state index contributed by atoms with van der Waals surface area (Å²) in [4.78, 5) is 0. The van der Waals surface area contributed by atoms with Crippen molar-refractivity contribution in [1.82, 2.24) is 0 Å². The standard InChI is InChI=1S/C15H12F6O4S/c1-2-24-12-8-7-10(9-5-3-4-6-11(9)16)13(14(12,17)18)25-26(22,23)15(19,20)21/h3-8,13H,2H2,1H3. The number of ether oxygens (including phenoxy) is 1. The lowest BCUT2D eigenvalue weighted by Crippen LogP contribution is -2.44. The Kier molecular flexibility index (Phi) is 5.43.